The zero-order chi connectivity index (χ0) is 13.2. The molecule has 1 aromatic rings. The van der Waals surface area contributed by atoms with Crippen LogP contribution in [-0.4, -0.2) is 6.29 Å². The number of aldehydes is 1. The van der Waals surface area contributed by atoms with Gasteiger partial charge in [-0.1, -0.05) is 62.2 Å². The highest BCUT2D eigenvalue weighted by Crippen LogP contribution is 2.16. The first-order valence-corrected chi connectivity index (χ1v) is 6.65. The molecule has 1 nitrogen and oxygen atoms in total. The molecule has 0 fully saturated rings. The van der Waals surface area contributed by atoms with Crippen LogP contribution in [0.15, 0.2) is 47.6 Å². The first-order valence-electron chi connectivity index (χ1n) is 6.65. The molecular weight excluding hydrogens is 220 g/mol. The summed E-state index contributed by atoms with van der Waals surface area (Å²) in [5.41, 5.74) is 3.21. The van der Waals surface area contributed by atoms with Crippen LogP contribution in [0.3, 0.4) is 0 Å². The molecule has 1 aromatic carbocycles. The topological polar surface area (TPSA) is 17.1 Å². The number of unbranched alkanes of at least 4 members (excludes halogenated alkanes) is 2. The fourth-order valence-electron chi connectivity index (χ4n) is 1.85. The Kier molecular flexibility index (Phi) is 6.78. The summed E-state index contributed by atoms with van der Waals surface area (Å²) in [6, 6.07) is 10.3. The third-order valence-corrected chi connectivity index (χ3v) is 2.82. The molecule has 0 heterocycles. The molecule has 0 aliphatic carbocycles. The van der Waals surface area contributed by atoms with Crippen molar-refractivity contribution in [3.05, 3.63) is 53.1 Å². The Labute approximate surface area is 110 Å². The van der Waals surface area contributed by atoms with Gasteiger partial charge in [0, 0.05) is 0 Å². The summed E-state index contributed by atoms with van der Waals surface area (Å²) in [5, 5.41) is 0. The Morgan fingerprint density at radius 3 is 2.50 bits per heavy atom. The molecule has 0 aliphatic heterocycles. The lowest BCUT2D eigenvalue weighted by Crippen LogP contribution is -1.85. The van der Waals surface area contributed by atoms with Crippen LogP contribution in [0.5, 0.6) is 0 Å². The highest BCUT2D eigenvalue weighted by atomic mass is 16.1. The van der Waals surface area contributed by atoms with Gasteiger partial charge in [-0.15, -0.1) is 0 Å². The van der Waals surface area contributed by atoms with Crippen molar-refractivity contribution in [2.45, 2.75) is 39.5 Å². The Morgan fingerprint density at radius 2 is 1.89 bits per heavy atom. The number of carbonyl (C=O) groups excluding carboxylic acids is 1. The van der Waals surface area contributed by atoms with Crippen molar-refractivity contribution in [1.29, 1.82) is 0 Å². The maximum Gasteiger partial charge on any atom is 0.145 e. The summed E-state index contributed by atoms with van der Waals surface area (Å²) < 4.78 is 0. The molecule has 0 N–H and O–H groups in total. The Balaban J connectivity index is 2.82. The van der Waals surface area contributed by atoms with Crippen LogP contribution < -0.4 is 0 Å². The molecule has 0 saturated carbocycles. The van der Waals surface area contributed by atoms with E-state index in [9.17, 15) is 4.79 Å². The molecule has 0 radical (unpaired) electrons. The van der Waals surface area contributed by atoms with Crippen molar-refractivity contribution in [1.82, 2.24) is 0 Å². The third-order valence-electron chi connectivity index (χ3n) is 2.82. The summed E-state index contributed by atoms with van der Waals surface area (Å²) in [7, 11) is 0. The Hall–Kier alpha value is -1.63. The third kappa shape index (κ3) is 5.62. The van der Waals surface area contributed by atoms with Gasteiger partial charge in [-0.2, -0.15) is 0 Å². The van der Waals surface area contributed by atoms with Crippen molar-refractivity contribution in [3.63, 3.8) is 0 Å². The minimum Gasteiger partial charge on any atom is -0.298 e. The molecule has 18 heavy (non-hydrogen) atoms. The van der Waals surface area contributed by atoms with E-state index in [1.54, 1.807) is 0 Å². The summed E-state index contributed by atoms with van der Waals surface area (Å²) in [5.74, 6) is 0. The minimum atomic E-state index is 0.786. The van der Waals surface area contributed by atoms with Crippen molar-refractivity contribution >= 4 is 12.4 Å². The molecule has 0 unspecified atom stereocenters. The SMILES string of the molecule is CCCCCC(/C=C(\C)C=O)=C\c1ccccc1. The van der Waals surface area contributed by atoms with E-state index < -0.39 is 0 Å². The van der Waals surface area contributed by atoms with Crippen LogP contribution in [0.2, 0.25) is 0 Å². The van der Waals surface area contributed by atoms with Gasteiger partial charge in [-0.3, -0.25) is 4.79 Å². The highest BCUT2D eigenvalue weighted by molar-refractivity contribution is 5.74. The van der Waals surface area contributed by atoms with Crippen LogP contribution in [0.1, 0.15) is 45.1 Å². The number of carbonyl (C=O) groups is 1. The Morgan fingerprint density at radius 1 is 1.17 bits per heavy atom. The van der Waals surface area contributed by atoms with Gasteiger partial charge in [0.2, 0.25) is 0 Å². The smallest absolute Gasteiger partial charge is 0.145 e. The first-order chi connectivity index (χ1) is 8.76. The van der Waals surface area contributed by atoms with Crippen LogP contribution in [0.25, 0.3) is 6.08 Å². The summed E-state index contributed by atoms with van der Waals surface area (Å²) in [6.07, 6.45) is 9.75. The lowest BCUT2D eigenvalue weighted by Gasteiger charge is -2.03. The van der Waals surface area contributed by atoms with Gasteiger partial charge >= 0.3 is 0 Å². The zero-order valence-electron chi connectivity index (χ0n) is 11.4. The van der Waals surface area contributed by atoms with Crippen LogP contribution in [-0.2, 0) is 4.79 Å². The highest BCUT2D eigenvalue weighted by Gasteiger charge is 1.97. The summed E-state index contributed by atoms with van der Waals surface area (Å²) in [4.78, 5) is 10.7. The zero-order valence-corrected chi connectivity index (χ0v) is 11.4. The predicted molar refractivity (Wildman–Crippen MR) is 78.4 cm³/mol. The van der Waals surface area contributed by atoms with Gasteiger partial charge in [-0.25, -0.2) is 0 Å². The molecule has 0 saturated heterocycles. The van der Waals surface area contributed by atoms with Crippen LogP contribution in [0.4, 0.5) is 0 Å². The molecule has 1 heteroatoms. The molecule has 0 amide bonds. The molecule has 0 aliphatic rings. The first kappa shape index (κ1) is 14.4. The average molecular weight is 242 g/mol. The number of rotatable bonds is 7. The standard InChI is InChI=1S/C17H22O/c1-3-4-6-11-17(12-15(2)14-18)13-16-9-7-5-8-10-16/h5,7-10,12-14H,3-4,6,11H2,1-2H3/b15-12+,17-13+. The van der Waals surface area contributed by atoms with E-state index in [0.29, 0.717) is 0 Å². The van der Waals surface area contributed by atoms with Gasteiger partial charge in [0.25, 0.3) is 0 Å². The van der Waals surface area contributed by atoms with Gasteiger partial charge in [0.1, 0.15) is 6.29 Å². The van der Waals surface area contributed by atoms with Gasteiger partial charge < -0.3 is 0 Å². The molecular formula is C17H22O. The van der Waals surface area contributed by atoms with E-state index >= 15 is 0 Å². The van der Waals surface area contributed by atoms with Crippen molar-refractivity contribution in [2.24, 2.45) is 0 Å². The quantitative estimate of drug-likeness (QED) is 0.290. The molecule has 1 rings (SSSR count). The summed E-state index contributed by atoms with van der Waals surface area (Å²) >= 11 is 0. The maximum atomic E-state index is 10.7. The van der Waals surface area contributed by atoms with E-state index in [4.69, 9.17) is 0 Å². The van der Waals surface area contributed by atoms with Gasteiger partial charge in [-0.05, 0) is 36.5 Å². The number of hydrogen-bond donors (Lipinski definition) is 0. The largest absolute Gasteiger partial charge is 0.298 e. The molecule has 0 atom stereocenters. The number of hydrogen-bond acceptors (Lipinski definition) is 1. The van der Waals surface area contributed by atoms with E-state index in [-0.39, 0.29) is 0 Å². The predicted octanol–water partition coefficient (Wildman–Crippen LogP) is 4.80. The van der Waals surface area contributed by atoms with Crippen molar-refractivity contribution in [2.75, 3.05) is 0 Å². The van der Waals surface area contributed by atoms with Gasteiger partial charge in [0.15, 0.2) is 0 Å². The second-order valence-corrected chi connectivity index (χ2v) is 4.59. The fourth-order valence-corrected chi connectivity index (χ4v) is 1.85. The molecule has 0 bridgehead atoms. The van der Waals surface area contributed by atoms with Crippen molar-refractivity contribution < 1.29 is 4.79 Å². The van der Waals surface area contributed by atoms with E-state index in [2.05, 4.69) is 25.1 Å². The lowest BCUT2D eigenvalue weighted by molar-refractivity contribution is -0.104. The normalized spacial score (nSPS) is 12.6. The molecule has 0 spiro atoms. The van der Waals surface area contributed by atoms with Gasteiger partial charge in [0.05, 0.1) is 0 Å². The monoisotopic (exact) mass is 242 g/mol. The van der Waals surface area contributed by atoms with Crippen LogP contribution in [0, 0.1) is 0 Å². The minimum absolute atomic E-state index is 0.786. The van der Waals surface area contributed by atoms with E-state index in [1.807, 2.05) is 31.2 Å². The number of benzene rings is 1. The second kappa shape index (κ2) is 8.46. The maximum absolute atomic E-state index is 10.7. The van der Waals surface area contributed by atoms with E-state index in [1.165, 1.54) is 30.4 Å². The fraction of sp³-hybridized carbons (Fsp3) is 0.353. The number of allylic oxidation sites excluding steroid dienone is 3. The van der Waals surface area contributed by atoms with E-state index in [0.717, 1.165) is 18.3 Å². The van der Waals surface area contributed by atoms with Crippen molar-refractivity contribution in [3.8, 4) is 0 Å². The van der Waals surface area contributed by atoms with Crippen LogP contribution >= 0.6 is 0 Å². The average Bonchev–Trinajstić information content (AvgIpc) is 2.40. The Bertz CT molecular complexity index is 412. The molecule has 0 aromatic heterocycles. The molecule has 96 valence electrons. The summed E-state index contributed by atoms with van der Waals surface area (Å²) in [6.45, 7) is 4.05. The second-order valence-electron chi connectivity index (χ2n) is 4.59. The lowest BCUT2D eigenvalue weighted by atomic mass is 10.0.